The molecule has 2 nitrogen and oxygen atoms in total. The van der Waals surface area contributed by atoms with E-state index in [0.717, 1.165) is 11.1 Å². The summed E-state index contributed by atoms with van der Waals surface area (Å²) in [6.07, 6.45) is 3.78. The summed E-state index contributed by atoms with van der Waals surface area (Å²) < 4.78 is 0. The van der Waals surface area contributed by atoms with Gasteiger partial charge >= 0.3 is 0 Å². The first-order valence-electron chi connectivity index (χ1n) is 15.3. The largest absolute Gasteiger partial charge is 0.264 e. The molecule has 1 aliphatic carbocycles. The first-order chi connectivity index (χ1) is 22.3. The Morgan fingerprint density at radius 2 is 1.13 bits per heavy atom. The Morgan fingerprint density at radius 3 is 1.82 bits per heavy atom. The van der Waals surface area contributed by atoms with Crippen molar-refractivity contribution >= 4 is 32.3 Å². The summed E-state index contributed by atoms with van der Waals surface area (Å²) in [6, 6.07) is 52.5. The average molecular weight is 571 g/mol. The first kappa shape index (κ1) is 25.5. The highest BCUT2D eigenvalue weighted by Crippen LogP contribution is 2.51. The molecule has 2 heteroatoms. The van der Waals surface area contributed by atoms with E-state index in [4.69, 9.17) is 0 Å². The van der Waals surface area contributed by atoms with Crippen LogP contribution in [0, 0.1) is 11.3 Å². The van der Waals surface area contributed by atoms with Crippen molar-refractivity contribution in [3.63, 3.8) is 0 Å². The number of nitrogens with zero attached hydrogens (tertiary/aromatic N) is 2. The molecule has 0 N–H and O–H groups in total. The van der Waals surface area contributed by atoms with Crippen molar-refractivity contribution < 1.29 is 0 Å². The minimum Gasteiger partial charge on any atom is -0.264 e. The van der Waals surface area contributed by atoms with Gasteiger partial charge in [0.15, 0.2) is 0 Å². The van der Waals surface area contributed by atoms with Gasteiger partial charge in [0.25, 0.3) is 0 Å². The summed E-state index contributed by atoms with van der Waals surface area (Å²) in [4.78, 5) is 4.48. The smallest absolute Gasteiger partial charge is 0.0991 e. The zero-order valence-corrected chi connectivity index (χ0v) is 24.4. The van der Waals surface area contributed by atoms with E-state index in [1.54, 1.807) is 0 Å². The molecule has 9 rings (SSSR count). The zero-order chi connectivity index (χ0) is 29.9. The fourth-order valence-electron chi connectivity index (χ4n) is 7.57. The molecule has 208 valence electrons. The van der Waals surface area contributed by atoms with Crippen molar-refractivity contribution in [2.24, 2.45) is 0 Å². The highest BCUT2D eigenvalue weighted by Gasteiger charge is 2.31. The standard InChI is InChI=1S/C43H26N2/c44-25-27-18-20-32-33-21-19-29(24-40(33)42(39(32)23-27)30-11-8-22-45-26-30)41-35-13-3-5-15-37(35)43(38-16-6-4-14-36(38)41)34-17-7-10-28-9-1-2-12-31(28)34/h1-24,26,42H. The maximum Gasteiger partial charge on any atom is 0.0991 e. The lowest BCUT2D eigenvalue weighted by atomic mass is 9.83. The number of nitriles is 1. The molecule has 1 aliphatic rings. The lowest BCUT2D eigenvalue weighted by Gasteiger charge is -2.20. The van der Waals surface area contributed by atoms with Gasteiger partial charge in [0.1, 0.15) is 0 Å². The van der Waals surface area contributed by atoms with E-state index in [1.165, 1.54) is 71.3 Å². The normalized spacial score (nSPS) is 13.5. The average Bonchev–Trinajstić information content (AvgIpc) is 3.43. The Balaban J connectivity index is 1.34. The van der Waals surface area contributed by atoms with Gasteiger partial charge in [-0.3, -0.25) is 4.98 Å². The van der Waals surface area contributed by atoms with Crippen LogP contribution in [0.1, 0.15) is 28.2 Å². The number of rotatable bonds is 3. The van der Waals surface area contributed by atoms with Gasteiger partial charge in [0.05, 0.1) is 11.6 Å². The quantitative estimate of drug-likeness (QED) is 0.198. The van der Waals surface area contributed by atoms with Gasteiger partial charge in [0.2, 0.25) is 0 Å². The van der Waals surface area contributed by atoms with E-state index < -0.39 is 0 Å². The predicted molar refractivity (Wildman–Crippen MR) is 185 cm³/mol. The summed E-state index contributed by atoms with van der Waals surface area (Å²) in [6.45, 7) is 0. The molecule has 8 aromatic rings. The van der Waals surface area contributed by atoms with Crippen LogP contribution in [0.5, 0.6) is 0 Å². The van der Waals surface area contributed by atoms with Gasteiger partial charge in [-0.1, -0.05) is 115 Å². The fraction of sp³-hybridized carbons (Fsp3) is 0.0233. The third-order valence-electron chi connectivity index (χ3n) is 9.44. The maximum absolute atomic E-state index is 9.74. The minimum absolute atomic E-state index is 0.00411. The molecule has 1 unspecified atom stereocenters. The summed E-state index contributed by atoms with van der Waals surface area (Å²) >= 11 is 0. The molecule has 0 fully saturated rings. The Labute approximate surface area is 261 Å². The van der Waals surface area contributed by atoms with Gasteiger partial charge < -0.3 is 0 Å². The van der Waals surface area contributed by atoms with Crippen LogP contribution in [0.25, 0.3) is 65.7 Å². The van der Waals surface area contributed by atoms with E-state index in [9.17, 15) is 5.26 Å². The molecule has 0 saturated carbocycles. The van der Waals surface area contributed by atoms with Gasteiger partial charge in [-0.15, -0.1) is 0 Å². The van der Waals surface area contributed by atoms with Crippen molar-refractivity contribution in [2.45, 2.75) is 5.92 Å². The predicted octanol–water partition coefficient (Wildman–Crippen LogP) is 10.9. The summed E-state index contributed by atoms with van der Waals surface area (Å²) in [5, 5.41) is 17.2. The van der Waals surface area contributed by atoms with Crippen LogP contribution < -0.4 is 0 Å². The lowest BCUT2D eigenvalue weighted by Crippen LogP contribution is -2.00. The van der Waals surface area contributed by atoms with Gasteiger partial charge in [-0.05, 0) is 107 Å². The highest BCUT2D eigenvalue weighted by atomic mass is 14.6. The molecule has 1 atom stereocenters. The third-order valence-corrected chi connectivity index (χ3v) is 9.44. The summed E-state index contributed by atoms with van der Waals surface area (Å²) in [7, 11) is 0. The van der Waals surface area contributed by atoms with Crippen molar-refractivity contribution in [1.82, 2.24) is 4.98 Å². The number of benzene rings is 7. The molecular weight excluding hydrogens is 544 g/mol. The SMILES string of the molecule is N#Cc1ccc2c(c1)C(c1cccnc1)c1cc(-c3c4ccccc4c(-c4cccc5ccccc45)c4ccccc34)ccc1-2. The first-order valence-corrected chi connectivity index (χ1v) is 15.3. The monoisotopic (exact) mass is 570 g/mol. The molecule has 0 spiro atoms. The van der Waals surface area contributed by atoms with Crippen LogP contribution >= 0.6 is 0 Å². The van der Waals surface area contributed by atoms with Crippen molar-refractivity contribution in [3.8, 4) is 39.4 Å². The molecule has 0 saturated heterocycles. The van der Waals surface area contributed by atoms with Crippen molar-refractivity contribution in [1.29, 1.82) is 5.26 Å². The molecule has 0 radical (unpaired) electrons. The third kappa shape index (κ3) is 3.85. The molecule has 1 aromatic heterocycles. The topological polar surface area (TPSA) is 36.7 Å². The molecule has 1 heterocycles. The second-order valence-corrected chi connectivity index (χ2v) is 11.8. The number of aromatic nitrogens is 1. The number of hydrogen-bond acceptors (Lipinski definition) is 2. The van der Waals surface area contributed by atoms with Crippen LogP contribution in [0.4, 0.5) is 0 Å². The summed E-state index contributed by atoms with van der Waals surface area (Å²) in [5.41, 5.74) is 11.6. The van der Waals surface area contributed by atoms with Crippen LogP contribution in [-0.2, 0) is 0 Å². The zero-order valence-electron chi connectivity index (χ0n) is 24.4. The van der Waals surface area contributed by atoms with E-state index in [0.29, 0.717) is 5.56 Å². The molecule has 0 amide bonds. The number of hydrogen-bond donors (Lipinski definition) is 0. The van der Waals surface area contributed by atoms with Crippen LogP contribution in [0.2, 0.25) is 0 Å². The Kier molecular flexibility index (Phi) is 5.67. The molecular formula is C43H26N2. The van der Waals surface area contributed by atoms with E-state index >= 15 is 0 Å². The molecule has 45 heavy (non-hydrogen) atoms. The van der Waals surface area contributed by atoms with Crippen LogP contribution in [-0.4, -0.2) is 4.98 Å². The van der Waals surface area contributed by atoms with Gasteiger partial charge in [-0.25, -0.2) is 0 Å². The minimum atomic E-state index is 0.00411. The highest BCUT2D eigenvalue weighted by molar-refractivity contribution is 6.23. The molecule has 0 aliphatic heterocycles. The second kappa shape index (κ2) is 10.0. The number of fused-ring (bicyclic) bond motifs is 6. The Hall–Kier alpha value is -6.04. The second-order valence-electron chi connectivity index (χ2n) is 11.8. The van der Waals surface area contributed by atoms with E-state index in [-0.39, 0.29) is 5.92 Å². The fourth-order valence-corrected chi connectivity index (χ4v) is 7.57. The van der Waals surface area contributed by atoms with Gasteiger partial charge in [-0.2, -0.15) is 5.26 Å². The number of pyridine rings is 1. The Morgan fingerprint density at radius 1 is 0.511 bits per heavy atom. The van der Waals surface area contributed by atoms with E-state index in [1.807, 2.05) is 24.5 Å². The summed E-state index contributed by atoms with van der Waals surface area (Å²) in [5.74, 6) is 0.00411. The van der Waals surface area contributed by atoms with Crippen LogP contribution in [0.15, 0.2) is 152 Å². The van der Waals surface area contributed by atoms with E-state index in [2.05, 4.69) is 138 Å². The Bertz CT molecular complexity index is 2440. The van der Waals surface area contributed by atoms with Gasteiger partial charge in [0, 0.05) is 18.3 Å². The lowest BCUT2D eigenvalue weighted by molar-refractivity contribution is 0.996. The molecule has 0 bridgehead atoms. The van der Waals surface area contributed by atoms with Crippen molar-refractivity contribution in [3.05, 3.63) is 174 Å². The van der Waals surface area contributed by atoms with Crippen molar-refractivity contribution in [2.75, 3.05) is 0 Å². The van der Waals surface area contributed by atoms with Crippen LogP contribution in [0.3, 0.4) is 0 Å². The molecule has 7 aromatic carbocycles. The maximum atomic E-state index is 9.74.